The predicted octanol–water partition coefficient (Wildman–Crippen LogP) is 3.72. The van der Waals surface area contributed by atoms with Crippen LogP contribution in [0.1, 0.15) is 44.6 Å². The molecule has 1 aromatic carbocycles. The van der Waals surface area contributed by atoms with E-state index >= 15 is 0 Å². The molecule has 29 heavy (non-hydrogen) atoms. The topological polar surface area (TPSA) is 60.9 Å². The normalized spacial score (nSPS) is 24.1. The molecule has 3 aliphatic heterocycles. The van der Waals surface area contributed by atoms with Crippen molar-refractivity contribution < 1.29 is 14.4 Å². The number of carbonyl (C=O) groups excluding carboxylic acids is 3. The molecule has 3 fully saturated rings. The van der Waals surface area contributed by atoms with Gasteiger partial charge >= 0.3 is 0 Å². The number of thioether (sulfide) groups is 1. The second-order valence-electron chi connectivity index (χ2n) is 7.99. The van der Waals surface area contributed by atoms with Crippen molar-refractivity contribution >= 4 is 40.6 Å². The molecule has 6 nitrogen and oxygen atoms in total. The number of likely N-dealkylation sites (tertiary alicyclic amines) is 1. The van der Waals surface area contributed by atoms with Crippen molar-refractivity contribution in [1.29, 1.82) is 0 Å². The van der Waals surface area contributed by atoms with Crippen LogP contribution in [0.25, 0.3) is 6.08 Å². The molecule has 3 amide bonds. The summed E-state index contributed by atoms with van der Waals surface area (Å²) in [4.78, 5) is 43.3. The highest BCUT2D eigenvalue weighted by Crippen LogP contribution is 2.33. The SMILES string of the molecule is C[C@H]1CCCCN1C(=O)CN1C(=O)S/C(=C\c2ccc(N3CCCC3)cc2)C1=O. The molecule has 1 atom stereocenters. The smallest absolute Gasteiger partial charge is 0.294 e. The molecule has 0 aliphatic carbocycles. The van der Waals surface area contributed by atoms with Gasteiger partial charge in [-0.2, -0.15) is 0 Å². The molecule has 1 aromatic rings. The van der Waals surface area contributed by atoms with Gasteiger partial charge in [0.15, 0.2) is 0 Å². The number of anilines is 1. The van der Waals surface area contributed by atoms with Crippen molar-refractivity contribution in [2.75, 3.05) is 31.1 Å². The van der Waals surface area contributed by atoms with Gasteiger partial charge in [0.05, 0.1) is 4.91 Å². The number of rotatable bonds is 4. The molecular formula is C22H27N3O3S. The Kier molecular flexibility index (Phi) is 5.94. The first-order valence-electron chi connectivity index (χ1n) is 10.4. The lowest BCUT2D eigenvalue weighted by atomic mass is 10.0. The van der Waals surface area contributed by atoms with E-state index in [0.717, 1.165) is 54.6 Å². The lowest BCUT2D eigenvalue weighted by Crippen LogP contribution is -2.47. The van der Waals surface area contributed by atoms with E-state index in [1.54, 1.807) is 11.0 Å². The molecule has 0 spiro atoms. The van der Waals surface area contributed by atoms with Gasteiger partial charge in [-0.15, -0.1) is 0 Å². The Morgan fingerprint density at radius 2 is 1.76 bits per heavy atom. The lowest BCUT2D eigenvalue weighted by Gasteiger charge is -2.34. The third-order valence-corrected chi connectivity index (χ3v) is 6.86. The van der Waals surface area contributed by atoms with E-state index in [4.69, 9.17) is 0 Å². The van der Waals surface area contributed by atoms with Gasteiger partial charge in [-0.3, -0.25) is 19.3 Å². The van der Waals surface area contributed by atoms with Crippen molar-refractivity contribution in [2.24, 2.45) is 0 Å². The molecule has 0 N–H and O–H groups in total. The van der Waals surface area contributed by atoms with E-state index in [2.05, 4.69) is 17.0 Å². The Morgan fingerprint density at radius 1 is 1.07 bits per heavy atom. The molecule has 0 unspecified atom stereocenters. The average Bonchev–Trinajstić information content (AvgIpc) is 3.34. The molecule has 4 rings (SSSR count). The fourth-order valence-corrected chi connectivity index (χ4v) is 5.08. The molecule has 7 heteroatoms. The zero-order valence-electron chi connectivity index (χ0n) is 16.8. The zero-order chi connectivity index (χ0) is 20.4. The van der Waals surface area contributed by atoms with E-state index in [9.17, 15) is 14.4 Å². The molecule has 3 saturated heterocycles. The third-order valence-electron chi connectivity index (χ3n) is 5.95. The maximum atomic E-state index is 12.7. The van der Waals surface area contributed by atoms with Crippen molar-refractivity contribution in [3.63, 3.8) is 0 Å². The Hall–Kier alpha value is -2.28. The predicted molar refractivity (Wildman–Crippen MR) is 116 cm³/mol. The number of amides is 3. The van der Waals surface area contributed by atoms with Gasteiger partial charge in [-0.1, -0.05) is 12.1 Å². The molecule has 0 radical (unpaired) electrons. The third kappa shape index (κ3) is 4.34. The van der Waals surface area contributed by atoms with Crippen LogP contribution in [0.15, 0.2) is 29.2 Å². The van der Waals surface area contributed by atoms with Crippen molar-refractivity contribution in [2.45, 2.75) is 45.1 Å². The minimum atomic E-state index is -0.373. The number of benzene rings is 1. The van der Waals surface area contributed by atoms with Crippen LogP contribution in [-0.2, 0) is 9.59 Å². The molecule has 0 bridgehead atoms. The van der Waals surface area contributed by atoms with E-state index < -0.39 is 0 Å². The quantitative estimate of drug-likeness (QED) is 0.704. The number of piperidine rings is 1. The van der Waals surface area contributed by atoms with Gasteiger partial charge in [0.25, 0.3) is 11.1 Å². The number of hydrogen-bond acceptors (Lipinski definition) is 5. The fraction of sp³-hybridized carbons (Fsp3) is 0.500. The van der Waals surface area contributed by atoms with E-state index in [-0.39, 0.29) is 29.6 Å². The van der Waals surface area contributed by atoms with Crippen LogP contribution in [0.4, 0.5) is 10.5 Å². The van der Waals surface area contributed by atoms with Gasteiger partial charge in [0.1, 0.15) is 6.54 Å². The van der Waals surface area contributed by atoms with Crippen LogP contribution in [0, 0.1) is 0 Å². The maximum absolute atomic E-state index is 12.7. The Labute approximate surface area is 175 Å². The summed E-state index contributed by atoms with van der Waals surface area (Å²) in [5, 5.41) is -0.368. The summed E-state index contributed by atoms with van der Waals surface area (Å²) in [5.41, 5.74) is 2.07. The van der Waals surface area contributed by atoms with Crippen molar-refractivity contribution in [3.05, 3.63) is 34.7 Å². The summed E-state index contributed by atoms with van der Waals surface area (Å²) < 4.78 is 0. The minimum absolute atomic E-state index is 0.143. The van der Waals surface area contributed by atoms with Crippen LogP contribution in [0.5, 0.6) is 0 Å². The van der Waals surface area contributed by atoms with Crippen molar-refractivity contribution in [3.8, 4) is 0 Å². The average molecular weight is 414 g/mol. The van der Waals surface area contributed by atoms with Crippen LogP contribution >= 0.6 is 11.8 Å². The highest BCUT2D eigenvalue weighted by molar-refractivity contribution is 8.18. The van der Waals surface area contributed by atoms with Crippen molar-refractivity contribution in [1.82, 2.24) is 9.80 Å². The monoisotopic (exact) mass is 413 g/mol. The minimum Gasteiger partial charge on any atom is -0.372 e. The molecule has 3 heterocycles. The molecule has 0 saturated carbocycles. The second-order valence-corrected chi connectivity index (χ2v) is 8.98. The Morgan fingerprint density at radius 3 is 2.45 bits per heavy atom. The highest BCUT2D eigenvalue weighted by Gasteiger charge is 2.37. The van der Waals surface area contributed by atoms with Crippen LogP contribution in [0.3, 0.4) is 0 Å². The first-order chi connectivity index (χ1) is 14.0. The summed E-state index contributed by atoms with van der Waals surface area (Å²) in [5.74, 6) is -0.516. The highest BCUT2D eigenvalue weighted by atomic mass is 32.2. The number of hydrogen-bond donors (Lipinski definition) is 0. The Bertz CT molecular complexity index is 830. The first-order valence-corrected chi connectivity index (χ1v) is 11.2. The number of imide groups is 1. The van der Waals surface area contributed by atoms with Gasteiger partial charge in [-0.25, -0.2) is 0 Å². The van der Waals surface area contributed by atoms with Crippen LogP contribution in [0.2, 0.25) is 0 Å². The van der Waals surface area contributed by atoms with Gasteiger partial charge in [0, 0.05) is 31.4 Å². The summed E-state index contributed by atoms with van der Waals surface area (Å²) in [6, 6.07) is 8.23. The summed E-state index contributed by atoms with van der Waals surface area (Å²) in [6.45, 7) is 4.73. The van der Waals surface area contributed by atoms with Gasteiger partial charge in [-0.05, 0) is 74.6 Å². The fourth-order valence-electron chi connectivity index (χ4n) is 4.24. The standard InChI is InChI=1S/C22H27N3O3S/c1-16-6-2-3-13-24(16)20(26)15-25-21(27)19(29-22(25)28)14-17-7-9-18(10-8-17)23-11-4-5-12-23/h7-10,14,16H,2-6,11-13,15H2,1H3/b19-14-/t16-/m0/s1. The largest absolute Gasteiger partial charge is 0.372 e. The summed E-state index contributed by atoms with van der Waals surface area (Å²) >= 11 is 0.913. The van der Waals surface area contributed by atoms with E-state index in [0.29, 0.717) is 11.4 Å². The molecule has 3 aliphatic rings. The van der Waals surface area contributed by atoms with Gasteiger partial charge < -0.3 is 9.80 Å². The molecule has 154 valence electrons. The summed E-state index contributed by atoms with van der Waals surface area (Å²) in [7, 11) is 0. The maximum Gasteiger partial charge on any atom is 0.294 e. The number of nitrogens with zero attached hydrogens (tertiary/aromatic N) is 3. The molecular weight excluding hydrogens is 386 g/mol. The summed E-state index contributed by atoms with van der Waals surface area (Å²) in [6.07, 6.45) is 7.26. The zero-order valence-corrected chi connectivity index (χ0v) is 17.6. The second kappa shape index (κ2) is 8.61. The van der Waals surface area contributed by atoms with Crippen LogP contribution in [-0.4, -0.2) is 59.1 Å². The van der Waals surface area contributed by atoms with Gasteiger partial charge in [0.2, 0.25) is 5.91 Å². The van der Waals surface area contributed by atoms with E-state index in [1.807, 2.05) is 19.1 Å². The molecule has 0 aromatic heterocycles. The first kappa shape index (κ1) is 20.0. The lowest BCUT2D eigenvalue weighted by molar-refractivity contribution is -0.138. The number of carbonyl (C=O) groups is 3. The van der Waals surface area contributed by atoms with Crippen LogP contribution < -0.4 is 4.90 Å². The Balaban J connectivity index is 1.42. The van der Waals surface area contributed by atoms with E-state index in [1.165, 1.54) is 18.5 Å².